The third kappa shape index (κ3) is 3.25. The zero-order valence-corrected chi connectivity index (χ0v) is 12.4. The lowest BCUT2D eigenvalue weighted by atomic mass is 9.91. The van der Waals surface area contributed by atoms with Gasteiger partial charge in [-0.3, -0.25) is 0 Å². The van der Waals surface area contributed by atoms with Crippen molar-refractivity contribution in [2.24, 2.45) is 0 Å². The van der Waals surface area contributed by atoms with Crippen LogP contribution in [-0.4, -0.2) is 56.5 Å². The number of sulfone groups is 1. The lowest BCUT2D eigenvalue weighted by Crippen LogP contribution is -2.51. The summed E-state index contributed by atoms with van der Waals surface area (Å²) in [5, 5.41) is 3.66. The third-order valence-electron chi connectivity index (χ3n) is 4.44. The van der Waals surface area contributed by atoms with Crippen LogP contribution in [0.15, 0.2) is 0 Å². The van der Waals surface area contributed by atoms with E-state index < -0.39 is 9.84 Å². The molecule has 2 saturated heterocycles. The summed E-state index contributed by atoms with van der Waals surface area (Å²) in [7, 11) is -0.682. The topological polar surface area (TPSA) is 49.4 Å². The van der Waals surface area contributed by atoms with Crippen LogP contribution in [0.1, 0.15) is 39.0 Å². The Morgan fingerprint density at radius 1 is 1.44 bits per heavy atom. The molecule has 0 aromatic rings. The van der Waals surface area contributed by atoms with Gasteiger partial charge in [-0.05, 0) is 39.3 Å². The van der Waals surface area contributed by atoms with Gasteiger partial charge in [0, 0.05) is 18.1 Å². The summed E-state index contributed by atoms with van der Waals surface area (Å²) in [5.74, 6) is 0.724. The van der Waals surface area contributed by atoms with Crippen molar-refractivity contribution in [3.05, 3.63) is 0 Å². The molecule has 2 unspecified atom stereocenters. The molecule has 2 atom stereocenters. The second kappa shape index (κ2) is 5.47. The molecule has 2 aliphatic heterocycles. The number of likely N-dealkylation sites (N-methyl/N-ethyl adjacent to an activating group) is 1. The van der Waals surface area contributed by atoms with Gasteiger partial charge >= 0.3 is 0 Å². The van der Waals surface area contributed by atoms with Crippen LogP contribution < -0.4 is 5.32 Å². The van der Waals surface area contributed by atoms with E-state index >= 15 is 0 Å². The van der Waals surface area contributed by atoms with Gasteiger partial charge in [-0.25, -0.2) is 8.42 Å². The van der Waals surface area contributed by atoms with Gasteiger partial charge in [0.25, 0.3) is 0 Å². The minimum atomic E-state index is -2.77. The van der Waals surface area contributed by atoms with E-state index in [2.05, 4.69) is 24.2 Å². The number of hydrogen-bond donors (Lipinski definition) is 1. The lowest BCUT2D eigenvalue weighted by molar-refractivity contribution is 0.176. The van der Waals surface area contributed by atoms with Gasteiger partial charge in [-0.1, -0.05) is 13.3 Å². The average molecular weight is 274 g/mol. The quantitative estimate of drug-likeness (QED) is 0.813. The van der Waals surface area contributed by atoms with Gasteiger partial charge in [0.1, 0.15) is 0 Å². The van der Waals surface area contributed by atoms with E-state index in [9.17, 15) is 8.42 Å². The molecule has 0 aliphatic carbocycles. The number of nitrogens with one attached hydrogen (secondary N) is 1. The fraction of sp³-hybridized carbons (Fsp3) is 1.00. The fourth-order valence-corrected chi connectivity index (χ4v) is 5.31. The minimum absolute atomic E-state index is 0.228. The van der Waals surface area contributed by atoms with Crippen LogP contribution in [0.25, 0.3) is 0 Å². The molecule has 5 heteroatoms. The van der Waals surface area contributed by atoms with Gasteiger partial charge in [0.2, 0.25) is 0 Å². The maximum absolute atomic E-state index is 11.5. The first-order valence-corrected chi connectivity index (χ1v) is 8.94. The standard InChI is InChI=1S/C13H26N2O2S/c1-3-6-13(7-4-8-14-13)11-15(2)12-5-9-18(16,17)10-12/h12,14H,3-11H2,1-2H3. The molecule has 0 saturated carbocycles. The van der Waals surface area contributed by atoms with E-state index in [1.165, 1.54) is 25.7 Å². The fourth-order valence-electron chi connectivity index (χ4n) is 3.50. The van der Waals surface area contributed by atoms with Crippen LogP contribution in [-0.2, 0) is 9.84 Å². The second-order valence-electron chi connectivity index (χ2n) is 6.03. The van der Waals surface area contributed by atoms with E-state index in [-0.39, 0.29) is 11.6 Å². The molecule has 2 heterocycles. The van der Waals surface area contributed by atoms with Crippen LogP contribution in [0, 0.1) is 0 Å². The predicted octanol–water partition coefficient (Wildman–Crippen LogP) is 1.03. The van der Waals surface area contributed by atoms with E-state index in [1.54, 1.807) is 0 Å². The molecule has 2 rings (SSSR count). The molecule has 4 nitrogen and oxygen atoms in total. The highest BCUT2D eigenvalue weighted by Crippen LogP contribution is 2.27. The Kier molecular flexibility index (Phi) is 4.34. The molecule has 0 radical (unpaired) electrons. The van der Waals surface area contributed by atoms with Gasteiger partial charge < -0.3 is 10.2 Å². The summed E-state index contributed by atoms with van der Waals surface area (Å²) in [5.41, 5.74) is 0.232. The first-order chi connectivity index (χ1) is 8.46. The molecule has 0 aromatic carbocycles. The average Bonchev–Trinajstić information content (AvgIpc) is 2.86. The Morgan fingerprint density at radius 3 is 2.72 bits per heavy atom. The zero-order valence-electron chi connectivity index (χ0n) is 11.6. The van der Waals surface area contributed by atoms with Gasteiger partial charge in [0.15, 0.2) is 9.84 Å². The molecule has 106 valence electrons. The number of rotatable bonds is 5. The highest BCUT2D eigenvalue weighted by atomic mass is 32.2. The van der Waals surface area contributed by atoms with Crippen molar-refractivity contribution in [2.75, 3.05) is 31.6 Å². The summed E-state index contributed by atoms with van der Waals surface area (Å²) in [6.45, 7) is 4.32. The zero-order chi connectivity index (χ0) is 13.2. The maximum atomic E-state index is 11.5. The molecular formula is C13H26N2O2S. The molecule has 0 aromatic heterocycles. The number of nitrogens with zero attached hydrogens (tertiary/aromatic N) is 1. The van der Waals surface area contributed by atoms with Crippen molar-refractivity contribution < 1.29 is 8.42 Å². The van der Waals surface area contributed by atoms with Crippen LogP contribution in [0.2, 0.25) is 0 Å². The Bertz CT molecular complexity index is 374. The summed E-state index contributed by atoms with van der Waals surface area (Å²) < 4.78 is 23.1. The first kappa shape index (κ1) is 14.3. The predicted molar refractivity (Wildman–Crippen MR) is 74.6 cm³/mol. The Hall–Kier alpha value is -0.130. The highest BCUT2D eigenvalue weighted by molar-refractivity contribution is 7.91. The Labute approximate surface area is 111 Å². The molecular weight excluding hydrogens is 248 g/mol. The van der Waals surface area contributed by atoms with Gasteiger partial charge in [-0.15, -0.1) is 0 Å². The van der Waals surface area contributed by atoms with Crippen molar-refractivity contribution in [3.63, 3.8) is 0 Å². The van der Waals surface area contributed by atoms with Crippen molar-refractivity contribution in [1.82, 2.24) is 10.2 Å². The number of hydrogen-bond acceptors (Lipinski definition) is 4. The van der Waals surface area contributed by atoms with Crippen LogP contribution in [0.5, 0.6) is 0 Å². The smallest absolute Gasteiger partial charge is 0.151 e. The largest absolute Gasteiger partial charge is 0.310 e. The van der Waals surface area contributed by atoms with E-state index in [0.717, 1.165) is 19.5 Å². The monoisotopic (exact) mass is 274 g/mol. The third-order valence-corrected chi connectivity index (χ3v) is 6.19. The van der Waals surface area contributed by atoms with Crippen LogP contribution in [0.4, 0.5) is 0 Å². The molecule has 0 spiro atoms. The summed E-state index contributed by atoms with van der Waals surface area (Å²) in [6, 6.07) is 0.228. The molecule has 0 amide bonds. The maximum Gasteiger partial charge on any atom is 0.151 e. The van der Waals surface area contributed by atoms with Crippen molar-refractivity contribution in [2.45, 2.75) is 50.6 Å². The Balaban J connectivity index is 1.95. The minimum Gasteiger partial charge on any atom is -0.310 e. The second-order valence-corrected chi connectivity index (χ2v) is 8.26. The molecule has 1 N–H and O–H groups in total. The van der Waals surface area contributed by atoms with Gasteiger partial charge in [0.05, 0.1) is 11.5 Å². The summed E-state index contributed by atoms with van der Waals surface area (Å²) in [4.78, 5) is 2.28. The molecule has 0 bridgehead atoms. The Morgan fingerprint density at radius 2 is 2.22 bits per heavy atom. The molecule has 2 fully saturated rings. The molecule has 18 heavy (non-hydrogen) atoms. The highest BCUT2D eigenvalue weighted by Gasteiger charge is 2.37. The summed E-state index contributed by atoms with van der Waals surface area (Å²) in [6.07, 6.45) is 5.66. The van der Waals surface area contributed by atoms with Crippen LogP contribution in [0.3, 0.4) is 0 Å². The first-order valence-electron chi connectivity index (χ1n) is 7.12. The van der Waals surface area contributed by atoms with Crippen molar-refractivity contribution in [3.8, 4) is 0 Å². The normalized spacial score (nSPS) is 35.4. The van der Waals surface area contributed by atoms with E-state index in [1.807, 2.05) is 0 Å². The van der Waals surface area contributed by atoms with Gasteiger partial charge in [-0.2, -0.15) is 0 Å². The van der Waals surface area contributed by atoms with Crippen molar-refractivity contribution >= 4 is 9.84 Å². The van der Waals surface area contributed by atoms with Crippen LogP contribution >= 0.6 is 0 Å². The van der Waals surface area contributed by atoms with Crippen molar-refractivity contribution in [1.29, 1.82) is 0 Å². The summed E-state index contributed by atoms with van der Waals surface area (Å²) >= 11 is 0. The lowest BCUT2D eigenvalue weighted by Gasteiger charge is -2.36. The van der Waals surface area contributed by atoms with E-state index in [4.69, 9.17) is 0 Å². The molecule has 2 aliphatic rings. The van der Waals surface area contributed by atoms with E-state index in [0.29, 0.717) is 11.5 Å². The SMILES string of the molecule is CCCC1(CN(C)C2CCS(=O)(=O)C2)CCCN1.